The lowest BCUT2D eigenvalue weighted by atomic mass is 9.99. The Bertz CT molecular complexity index is 531. The zero-order chi connectivity index (χ0) is 18.7. The topological polar surface area (TPSA) is 70.7 Å². The average Bonchev–Trinajstić information content (AvgIpc) is 2.62. The van der Waals surface area contributed by atoms with E-state index in [-0.39, 0.29) is 6.03 Å². The van der Waals surface area contributed by atoms with E-state index in [2.05, 4.69) is 24.5 Å². The van der Waals surface area contributed by atoms with Crippen molar-refractivity contribution in [2.24, 2.45) is 5.92 Å². The number of carbonyl (C=O) groups is 2. The highest BCUT2D eigenvalue weighted by molar-refractivity contribution is 5.90. The van der Waals surface area contributed by atoms with Crippen LogP contribution in [0.3, 0.4) is 0 Å². The highest BCUT2D eigenvalue weighted by Crippen LogP contribution is 2.17. The normalized spacial score (nSPS) is 11.5. The largest absolute Gasteiger partial charge is 0.449 e. The zero-order valence-electron chi connectivity index (χ0n) is 15.8. The van der Waals surface area contributed by atoms with E-state index in [9.17, 15) is 9.59 Å². The monoisotopic (exact) mass is 349 g/mol. The molecule has 0 fully saturated rings. The molecule has 2 N–H and O–H groups in total. The second kappa shape index (κ2) is 11.3. The first-order chi connectivity index (χ1) is 12.0. The number of nitrogens with one attached hydrogen (secondary N) is 2. The fourth-order valence-corrected chi connectivity index (χ4v) is 2.45. The van der Waals surface area contributed by atoms with E-state index < -0.39 is 6.09 Å². The molecule has 0 spiro atoms. The number of benzene rings is 1. The number of rotatable bonds is 9. The number of hydrogen-bond donors (Lipinski definition) is 2. The van der Waals surface area contributed by atoms with Gasteiger partial charge < -0.3 is 15.4 Å². The summed E-state index contributed by atoms with van der Waals surface area (Å²) in [5.74, 6) is 0.520. The highest BCUT2D eigenvalue weighted by Gasteiger charge is 2.12. The molecule has 0 aromatic heterocycles. The van der Waals surface area contributed by atoms with E-state index in [4.69, 9.17) is 4.74 Å². The van der Waals surface area contributed by atoms with Crippen LogP contribution in [0.2, 0.25) is 0 Å². The third-order valence-corrected chi connectivity index (χ3v) is 4.15. The van der Waals surface area contributed by atoms with Crippen molar-refractivity contribution in [1.29, 1.82) is 0 Å². The molecule has 1 unspecified atom stereocenters. The van der Waals surface area contributed by atoms with Gasteiger partial charge in [-0.2, -0.15) is 0 Å². The summed E-state index contributed by atoms with van der Waals surface area (Å²) in [5, 5.41) is 5.74. The Balaban J connectivity index is 2.48. The maximum absolute atomic E-state index is 12.0. The Kier molecular flexibility index (Phi) is 9.43. The molecule has 0 saturated heterocycles. The molecule has 0 aliphatic rings. The molecule has 3 amide bonds. The molecule has 1 aromatic rings. The minimum atomic E-state index is -0.404. The van der Waals surface area contributed by atoms with Crippen LogP contribution in [0.1, 0.15) is 46.5 Å². The second-order valence-electron chi connectivity index (χ2n) is 6.06. The number of carbonyl (C=O) groups excluding carboxylic acids is 2. The standard InChI is InChI=1S/C19H31N3O3/c1-5-8-9-15(6-2)14-20-18(23)21-16-10-12-17(13-11-16)22(4)19(24)25-7-3/h10-13,15H,5-9,14H2,1-4H3,(H2,20,21,23). The summed E-state index contributed by atoms with van der Waals surface area (Å²) in [6.45, 7) is 7.11. The number of hydrogen-bond acceptors (Lipinski definition) is 3. The van der Waals surface area contributed by atoms with Gasteiger partial charge in [0.2, 0.25) is 0 Å². The minimum Gasteiger partial charge on any atom is -0.449 e. The van der Waals surface area contributed by atoms with Gasteiger partial charge in [-0.25, -0.2) is 9.59 Å². The quantitative estimate of drug-likeness (QED) is 0.683. The first kappa shape index (κ1) is 20.8. The third-order valence-electron chi connectivity index (χ3n) is 4.15. The van der Waals surface area contributed by atoms with E-state index >= 15 is 0 Å². The van der Waals surface area contributed by atoms with Crippen LogP contribution < -0.4 is 15.5 Å². The van der Waals surface area contributed by atoms with Crippen LogP contribution in [0.15, 0.2) is 24.3 Å². The Labute approximate surface area is 150 Å². The maximum atomic E-state index is 12.0. The van der Waals surface area contributed by atoms with Gasteiger partial charge in [0.15, 0.2) is 0 Å². The number of urea groups is 1. The first-order valence-corrected chi connectivity index (χ1v) is 9.07. The van der Waals surface area contributed by atoms with Crippen LogP contribution in [0.25, 0.3) is 0 Å². The van der Waals surface area contributed by atoms with Crippen molar-refractivity contribution >= 4 is 23.5 Å². The van der Waals surface area contributed by atoms with Crippen LogP contribution in [0.4, 0.5) is 21.0 Å². The summed E-state index contributed by atoms with van der Waals surface area (Å²) >= 11 is 0. The molecule has 0 aliphatic heterocycles. The Morgan fingerprint density at radius 2 is 1.84 bits per heavy atom. The summed E-state index contributed by atoms with van der Waals surface area (Å²) < 4.78 is 4.95. The van der Waals surface area contributed by atoms with E-state index in [1.807, 2.05) is 0 Å². The molecule has 0 heterocycles. The van der Waals surface area contributed by atoms with Crippen LogP contribution >= 0.6 is 0 Å². The van der Waals surface area contributed by atoms with Crippen molar-refractivity contribution in [3.63, 3.8) is 0 Å². The van der Waals surface area contributed by atoms with Crippen molar-refractivity contribution in [3.05, 3.63) is 24.3 Å². The first-order valence-electron chi connectivity index (χ1n) is 9.07. The van der Waals surface area contributed by atoms with Gasteiger partial charge in [-0.1, -0.05) is 33.1 Å². The fourth-order valence-electron chi connectivity index (χ4n) is 2.45. The van der Waals surface area contributed by atoms with Gasteiger partial charge in [-0.15, -0.1) is 0 Å². The molecule has 0 radical (unpaired) electrons. The van der Waals surface area contributed by atoms with Crippen LogP contribution in [-0.4, -0.2) is 32.3 Å². The van der Waals surface area contributed by atoms with E-state index in [0.717, 1.165) is 12.8 Å². The third kappa shape index (κ3) is 7.45. The number of amides is 3. The molecule has 25 heavy (non-hydrogen) atoms. The van der Waals surface area contributed by atoms with Crippen molar-refractivity contribution in [2.45, 2.75) is 46.5 Å². The Morgan fingerprint density at radius 1 is 1.16 bits per heavy atom. The summed E-state index contributed by atoms with van der Waals surface area (Å²) in [7, 11) is 1.65. The van der Waals surface area contributed by atoms with Crippen molar-refractivity contribution in [2.75, 3.05) is 30.4 Å². The van der Waals surface area contributed by atoms with Crippen molar-refractivity contribution < 1.29 is 14.3 Å². The molecular formula is C19H31N3O3. The van der Waals surface area contributed by atoms with Crippen LogP contribution in [0.5, 0.6) is 0 Å². The molecule has 140 valence electrons. The van der Waals surface area contributed by atoms with Crippen molar-refractivity contribution in [3.8, 4) is 0 Å². The molecule has 1 aromatic carbocycles. The highest BCUT2D eigenvalue weighted by atomic mass is 16.6. The molecular weight excluding hydrogens is 318 g/mol. The molecule has 0 aliphatic carbocycles. The second-order valence-corrected chi connectivity index (χ2v) is 6.06. The van der Waals surface area contributed by atoms with Gasteiger partial charge in [-0.3, -0.25) is 4.90 Å². The number of anilines is 2. The van der Waals surface area contributed by atoms with Gasteiger partial charge in [-0.05, 0) is 43.5 Å². The van der Waals surface area contributed by atoms with E-state index in [0.29, 0.717) is 30.4 Å². The Hall–Kier alpha value is -2.24. The number of nitrogens with zero attached hydrogens (tertiary/aromatic N) is 1. The van der Waals surface area contributed by atoms with E-state index in [1.165, 1.54) is 17.7 Å². The van der Waals surface area contributed by atoms with Gasteiger partial charge in [0.05, 0.1) is 6.61 Å². The summed E-state index contributed by atoms with van der Waals surface area (Å²) in [6, 6.07) is 6.85. The number of unbranched alkanes of at least 4 members (excludes halogenated alkanes) is 1. The molecule has 6 heteroatoms. The lowest BCUT2D eigenvalue weighted by molar-refractivity contribution is 0.161. The van der Waals surface area contributed by atoms with Gasteiger partial charge >= 0.3 is 12.1 Å². The molecule has 6 nitrogen and oxygen atoms in total. The zero-order valence-corrected chi connectivity index (χ0v) is 15.8. The van der Waals surface area contributed by atoms with Gasteiger partial charge in [0.1, 0.15) is 0 Å². The maximum Gasteiger partial charge on any atom is 0.413 e. The van der Waals surface area contributed by atoms with Crippen molar-refractivity contribution in [1.82, 2.24) is 5.32 Å². The van der Waals surface area contributed by atoms with Crippen LogP contribution in [-0.2, 0) is 4.74 Å². The van der Waals surface area contributed by atoms with Gasteiger partial charge in [0.25, 0.3) is 0 Å². The molecule has 1 rings (SSSR count). The average molecular weight is 349 g/mol. The lowest BCUT2D eigenvalue weighted by Gasteiger charge is -2.17. The fraction of sp³-hybridized carbons (Fsp3) is 0.579. The molecule has 0 saturated carbocycles. The smallest absolute Gasteiger partial charge is 0.413 e. The molecule has 1 atom stereocenters. The van der Waals surface area contributed by atoms with E-state index in [1.54, 1.807) is 38.2 Å². The van der Waals surface area contributed by atoms with Crippen LogP contribution in [0, 0.1) is 5.92 Å². The predicted molar refractivity (Wildman–Crippen MR) is 102 cm³/mol. The molecule has 0 bridgehead atoms. The summed E-state index contributed by atoms with van der Waals surface area (Å²) in [4.78, 5) is 25.1. The minimum absolute atomic E-state index is 0.207. The SMILES string of the molecule is CCCCC(CC)CNC(=O)Nc1ccc(N(C)C(=O)OCC)cc1. The Morgan fingerprint density at radius 3 is 2.40 bits per heavy atom. The predicted octanol–water partition coefficient (Wildman–Crippen LogP) is 4.62. The number of ether oxygens (including phenoxy) is 1. The summed E-state index contributed by atoms with van der Waals surface area (Å²) in [6.07, 6.45) is 4.17. The summed E-state index contributed by atoms with van der Waals surface area (Å²) in [5.41, 5.74) is 1.38. The van der Waals surface area contributed by atoms with Gasteiger partial charge in [0, 0.05) is 25.0 Å². The lowest BCUT2D eigenvalue weighted by Crippen LogP contribution is -2.33.